The zero-order chi connectivity index (χ0) is 14.7. The Labute approximate surface area is 138 Å². The number of benzene rings is 1. The standard InChI is InChI=1S/C16H23N3O2.ClH/c1-21-15-5-3-2-4-14(15)16(20)19-10-8-18(9-11-19)13-6-7-17-12-13;/h2-5,13,17H,6-12H2,1H3;1H. The molecule has 0 aromatic heterocycles. The Morgan fingerprint density at radius 2 is 1.95 bits per heavy atom. The van der Waals surface area contributed by atoms with Crippen molar-refractivity contribution >= 4 is 18.3 Å². The average molecular weight is 326 g/mol. The summed E-state index contributed by atoms with van der Waals surface area (Å²) < 4.78 is 5.29. The Balaban J connectivity index is 0.00000176. The molecule has 122 valence electrons. The summed E-state index contributed by atoms with van der Waals surface area (Å²) in [6.45, 7) is 5.73. The number of rotatable bonds is 3. The summed E-state index contributed by atoms with van der Waals surface area (Å²) in [5.41, 5.74) is 0.663. The van der Waals surface area contributed by atoms with E-state index in [2.05, 4.69) is 10.2 Å². The number of carbonyl (C=O) groups excluding carboxylic acids is 1. The van der Waals surface area contributed by atoms with Gasteiger partial charge in [-0.05, 0) is 25.1 Å². The molecular weight excluding hydrogens is 302 g/mol. The highest BCUT2D eigenvalue weighted by atomic mass is 35.5. The fourth-order valence-electron chi connectivity index (χ4n) is 3.23. The minimum Gasteiger partial charge on any atom is -0.496 e. The maximum absolute atomic E-state index is 12.6. The van der Waals surface area contributed by atoms with Gasteiger partial charge in [0.2, 0.25) is 0 Å². The molecule has 0 bridgehead atoms. The monoisotopic (exact) mass is 325 g/mol. The van der Waals surface area contributed by atoms with Crippen LogP contribution in [0.4, 0.5) is 0 Å². The Hall–Kier alpha value is -1.30. The van der Waals surface area contributed by atoms with Crippen LogP contribution in [0.5, 0.6) is 5.75 Å². The summed E-state index contributed by atoms with van der Waals surface area (Å²) in [7, 11) is 1.61. The largest absolute Gasteiger partial charge is 0.496 e. The van der Waals surface area contributed by atoms with Crippen molar-refractivity contribution in [3.05, 3.63) is 29.8 Å². The van der Waals surface area contributed by atoms with Gasteiger partial charge >= 0.3 is 0 Å². The molecule has 1 atom stereocenters. The molecule has 1 unspecified atom stereocenters. The summed E-state index contributed by atoms with van der Waals surface area (Å²) in [6, 6.07) is 8.10. The molecule has 1 amide bonds. The van der Waals surface area contributed by atoms with Gasteiger partial charge in [-0.1, -0.05) is 12.1 Å². The lowest BCUT2D eigenvalue weighted by Crippen LogP contribution is -2.52. The lowest BCUT2D eigenvalue weighted by Gasteiger charge is -2.37. The number of hydrogen-bond donors (Lipinski definition) is 1. The average Bonchev–Trinajstić information content (AvgIpc) is 3.09. The number of piperazine rings is 1. The van der Waals surface area contributed by atoms with Crippen LogP contribution in [-0.2, 0) is 0 Å². The molecule has 1 N–H and O–H groups in total. The number of carbonyl (C=O) groups is 1. The van der Waals surface area contributed by atoms with E-state index in [0.717, 1.165) is 39.3 Å². The SMILES string of the molecule is COc1ccccc1C(=O)N1CCN(C2CCNC2)CC1.Cl. The van der Waals surface area contributed by atoms with Crippen LogP contribution in [0, 0.1) is 0 Å². The van der Waals surface area contributed by atoms with Crippen molar-refractivity contribution in [3.63, 3.8) is 0 Å². The molecule has 1 aromatic carbocycles. The molecule has 1 aromatic rings. The molecule has 2 heterocycles. The van der Waals surface area contributed by atoms with Crippen molar-refractivity contribution in [2.75, 3.05) is 46.4 Å². The van der Waals surface area contributed by atoms with Crippen LogP contribution in [0.25, 0.3) is 0 Å². The summed E-state index contributed by atoms with van der Waals surface area (Å²) in [5.74, 6) is 0.738. The van der Waals surface area contributed by atoms with Crippen LogP contribution in [0.1, 0.15) is 16.8 Å². The number of amides is 1. The Kier molecular flexibility index (Phi) is 6.06. The Bertz CT molecular complexity index is 498. The van der Waals surface area contributed by atoms with Crippen LogP contribution in [0.15, 0.2) is 24.3 Å². The fourth-order valence-corrected chi connectivity index (χ4v) is 3.23. The van der Waals surface area contributed by atoms with Crippen molar-refractivity contribution in [2.45, 2.75) is 12.5 Å². The van der Waals surface area contributed by atoms with E-state index < -0.39 is 0 Å². The molecule has 0 saturated carbocycles. The molecule has 0 aliphatic carbocycles. The van der Waals surface area contributed by atoms with Crippen molar-refractivity contribution in [3.8, 4) is 5.75 Å². The Morgan fingerprint density at radius 3 is 2.59 bits per heavy atom. The van der Waals surface area contributed by atoms with E-state index in [1.165, 1.54) is 6.42 Å². The first-order chi connectivity index (χ1) is 10.3. The lowest BCUT2D eigenvalue weighted by molar-refractivity contribution is 0.0581. The molecule has 6 heteroatoms. The van der Waals surface area contributed by atoms with Crippen molar-refractivity contribution in [1.82, 2.24) is 15.1 Å². The number of nitrogens with one attached hydrogen (secondary N) is 1. The van der Waals surface area contributed by atoms with E-state index in [1.807, 2.05) is 29.2 Å². The topological polar surface area (TPSA) is 44.8 Å². The first-order valence-electron chi connectivity index (χ1n) is 7.66. The summed E-state index contributed by atoms with van der Waals surface area (Å²) in [5, 5.41) is 3.41. The molecule has 22 heavy (non-hydrogen) atoms. The molecule has 5 nitrogen and oxygen atoms in total. The molecule has 3 rings (SSSR count). The normalized spacial score (nSPS) is 22.2. The predicted octanol–water partition coefficient (Wildman–Crippen LogP) is 1.24. The van der Waals surface area contributed by atoms with Gasteiger partial charge in [0.15, 0.2) is 0 Å². The fraction of sp³-hybridized carbons (Fsp3) is 0.562. The Morgan fingerprint density at radius 1 is 1.23 bits per heavy atom. The highest BCUT2D eigenvalue weighted by molar-refractivity contribution is 5.97. The number of hydrogen-bond acceptors (Lipinski definition) is 4. The number of para-hydroxylation sites is 1. The van der Waals surface area contributed by atoms with Gasteiger partial charge in [-0.3, -0.25) is 9.69 Å². The van der Waals surface area contributed by atoms with Crippen molar-refractivity contribution in [1.29, 1.82) is 0 Å². The van der Waals surface area contributed by atoms with E-state index in [0.29, 0.717) is 17.4 Å². The van der Waals surface area contributed by atoms with Crippen molar-refractivity contribution in [2.24, 2.45) is 0 Å². The third kappa shape index (κ3) is 3.54. The van der Waals surface area contributed by atoms with Gasteiger partial charge in [0.25, 0.3) is 5.91 Å². The van der Waals surface area contributed by atoms with Gasteiger partial charge < -0.3 is 15.0 Å². The number of methoxy groups -OCH3 is 1. The van der Waals surface area contributed by atoms with Crippen molar-refractivity contribution < 1.29 is 9.53 Å². The third-order valence-corrected chi connectivity index (χ3v) is 4.49. The number of halogens is 1. The number of ether oxygens (including phenoxy) is 1. The van der Waals surface area contributed by atoms with Gasteiger partial charge in [-0.2, -0.15) is 0 Å². The van der Waals surface area contributed by atoms with Crippen LogP contribution < -0.4 is 10.1 Å². The molecular formula is C16H24ClN3O2. The number of nitrogens with zero attached hydrogens (tertiary/aromatic N) is 2. The smallest absolute Gasteiger partial charge is 0.257 e. The quantitative estimate of drug-likeness (QED) is 0.908. The van der Waals surface area contributed by atoms with Crippen LogP contribution in [-0.4, -0.2) is 68.1 Å². The zero-order valence-electron chi connectivity index (χ0n) is 13.0. The summed E-state index contributed by atoms with van der Waals surface area (Å²) in [4.78, 5) is 17.1. The van der Waals surface area contributed by atoms with E-state index in [9.17, 15) is 4.79 Å². The second kappa shape index (κ2) is 7.81. The summed E-state index contributed by atoms with van der Waals surface area (Å²) >= 11 is 0. The van der Waals surface area contributed by atoms with Crippen LogP contribution in [0.3, 0.4) is 0 Å². The first kappa shape index (κ1) is 17.1. The maximum atomic E-state index is 12.6. The first-order valence-corrected chi connectivity index (χ1v) is 7.66. The molecule has 2 aliphatic rings. The minimum atomic E-state index is 0. The zero-order valence-corrected chi connectivity index (χ0v) is 13.8. The molecule has 0 radical (unpaired) electrons. The molecule has 2 saturated heterocycles. The van der Waals surface area contributed by atoms with Gasteiger partial charge in [0, 0.05) is 38.8 Å². The van der Waals surface area contributed by atoms with Crippen LogP contribution >= 0.6 is 12.4 Å². The van der Waals surface area contributed by atoms with Gasteiger partial charge in [0.1, 0.15) is 5.75 Å². The van der Waals surface area contributed by atoms with E-state index in [4.69, 9.17) is 4.74 Å². The van der Waals surface area contributed by atoms with Crippen LogP contribution in [0.2, 0.25) is 0 Å². The molecule has 2 fully saturated rings. The van der Waals surface area contributed by atoms with Gasteiger partial charge in [-0.25, -0.2) is 0 Å². The third-order valence-electron chi connectivity index (χ3n) is 4.49. The summed E-state index contributed by atoms with van der Waals surface area (Å²) in [6.07, 6.45) is 1.22. The molecule has 2 aliphatic heterocycles. The second-order valence-corrected chi connectivity index (χ2v) is 5.68. The second-order valence-electron chi connectivity index (χ2n) is 5.68. The van der Waals surface area contributed by atoms with Gasteiger partial charge in [-0.15, -0.1) is 12.4 Å². The molecule has 0 spiro atoms. The lowest BCUT2D eigenvalue weighted by atomic mass is 10.1. The van der Waals surface area contributed by atoms with E-state index >= 15 is 0 Å². The van der Waals surface area contributed by atoms with Gasteiger partial charge in [0.05, 0.1) is 12.7 Å². The van der Waals surface area contributed by atoms with E-state index in [1.54, 1.807) is 7.11 Å². The highest BCUT2D eigenvalue weighted by Gasteiger charge is 2.28. The van der Waals surface area contributed by atoms with E-state index in [-0.39, 0.29) is 18.3 Å². The minimum absolute atomic E-state index is 0. The highest BCUT2D eigenvalue weighted by Crippen LogP contribution is 2.20. The maximum Gasteiger partial charge on any atom is 0.257 e. The predicted molar refractivity (Wildman–Crippen MR) is 89.0 cm³/mol.